The molecule has 1 nitrogen and oxygen atoms in total. The highest BCUT2D eigenvalue weighted by atomic mass is 79.9. The van der Waals surface area contributed by atoms with Crippen molar-refractivity contribution in [2.75, 3.05) is 18.5 Å². The molecular weight excluding hydrogens is 216 g/mol. The molecule has 0 bridgehead atoms. The molecule has 0 radical (unpaired) electrons. The minimum absolute atomic E-state index is 0.681. The van der Waals surface area contributed by atoms with Gasteiger partial charge in [-0.05, 0) is 19.3 Å². The fraction of sp³-hybridized carbons (Fsp3) is 0.800. The molecule has 72 valence electrons. The summed E-state index contributed by atoms with van der Waals surface area (Å²) in [5.74, 6) is 0.681. The summed E-state index contributed by atoms with van der Waals surface area (Å²) in [6, 6.07) is 0. The van der Waals surface area contributed by atoms with Crippen molar-refractivity contribution in [2.45, 2.75) is 26.7 Å². The molecular formula is C10H19BrO. The average molecular weight is 235 g/mol. The Hall–Kier alpha value is 0.180. The zero-order valence-corrected chi connectivity index (χ0v) is 9.64. The summed E-state index contributed by atoms with van der Waals surface area (Å²) in [5.41, 5.74) is 0. The van der Waals surface area contributed by atoms with Gasteiger partial charge in [0.1, 0.15) is 0 Å². The lowest BCUT2D eigenvalue weighted by Gasteiger charge is -2.11. The highest BCUT2D eigenvalue weighted by molar-refractivity contribution is 9.09. The predicted molar refractivity (Wildman–Crippen MR) is 57.8 cm³/mol. The van der Waals surface area contributed by atoms with Gasteiger partial charge in [0.15, 0.2) is 0 Å². The molecule has 0 aromatic heterocycles. The molecule has 1 unspecified atom stereocenters. The maximum atomic E-state index is 5.46. The van der Waals surface area contributed by atoms with Crippen LogP contribution in [0.4, 0.5) is 0 Å². The molecule has 0 heterocycles. The molecule has 2 heteroatoms. The van der Waals surface area contributed by atoms with Crippen molar-refractivity contribution in [3.63, 3.8) is 0 Å². The minimum Gasteiger partial charge on any atom is -0.377 e. The summed E-state index contributed by atoms with van der Waals surface area (Å²) in [7, 11) is 0. The SMILES string of the molecule is CC=CCOCC(CBr)CCC. The second-order valence-corrected chi connectivity index (χ2v) is 3.56. The van der Waals surface area contributed by atoms with E-state index in [2.05, 4.69) is 22.9 Å². The average Bonchev–Trinajstić information content (AvgIpc) is 2.10. The van der Waals surface area contributed by atoms with Gasteiger partial charge in [-0.2, -0.15) is 0 Å². The maximum Gasteiger partial charge on any atom is 0.0647 e. The third-order valence-electron chi connectivity index (χ3n) is 1.72. The van der Waals surface area contributed by atoms with E-state index in [1.807, 2.05) is 19.1 Å². The maximum absolute atomic E-state index is 5.46. The van der Waals surface area contributed by atoms with Crippen LogP contribution in [0.3, 0.4) is 0 Å². The van der Waals surface area contributed by atoms with E-state index in [1.165, 1.54) is 12.8 Å². The van der Waals surface area contributed by atoms with Gasteiger partial charge in [0, 0.05) is 5.33 Å². The van der Waals surface area contributed by atoms with Gasteiger partial charge in [-0.15, -0.1) is 0 Å². The number of hydrogen-bond donors (Lipinski definition) is 0. The Morgan fingerprint density at radius 3 is 2.75 bits per heavy atom. The van der Waals surface area contributed by atoms with Gasteiger partial charge >= 0.3 is 0 Å². The van der Waals surface area contributed by atoms with E-state index in [4.69, 9.17) is 4.74 Å². The van der Waals surface area contributed by atoms with Gasteiger partial charge in [-0.1, -0.05) is 41.4 Å². The van der Waals surface area contributed by atoms with Crippen LogP contribution < -0.4 is 0 Å². The second-order valence-electron chi connectivity index (χ2n) is 2.92. The molecule has 0 rings (SSSR count). The van der Waals surface area contributed by atoms with Crippen LogP contribution in [-0.4, -0.2) is 18.5 Å². The van der Waals surface area contributed by atoms with Crippen LogP contribution in [0, 0.1) is 5.92 Å². The van der Waals surface area contributed by atoms with E-state index < -0.39 is 0 Å². The summed E-state index contributed by atoms with van der Waals surface area (Å²) < 4.78 is 5.46. The molecule has 0 aromatic rings. The highest BCUT2D eigenvalue weighted by Crippen LogP contribution is 2.09. The normalized spacial score (nSPS) is 13.9. The predicted octanol–water partition coefficient (Wildman–Crippen LogP) is 3.39. The van der Waals surface area contributed by atoms with E-state index in [0.29, 0.717) is 5.92 Å². The molecule has 0 spiro atoms. The molecule has 0 fully saturated rings. The molecule has 0 aliphatic heterocycles. The summed E-state index contributed by atoms with van der Waals surface area (Å²) in [6.07, 6.45) is 6.55. The van der Waals surface area contributed by atoms with Crippen LogP contribution in [0.1, 0.15) is 26.7 Å². The van der Waals surface area contributed by atoms with E-state index >= 15 is 0 Å². The summed E-state index contributed by atoms with van der Waals surface area (Å²) >= 11 is 3.49. The second kappa shape index (κ2) is 9.27. The molecule has 0 saturated carbocycles. The number of ether oxygens (including phenoxy) is 1. The Labute approximate surface area is 84.3 Å². The third kappa shape index (κ3) is 6.86. The first-order valence-electron chi connectivity index (χ1n) is 4.60. The van der Waals surface area contributed by atoms with Gasteiger partial charge in [0.2, 0.25) is 0 Å². The smallest absolute Gasteiger partial charge is 0.0647 e. The van der Waals surface area contributed by atoms with Crippen molar-refractivity contribution >= 4 is 15.9 Å². The fourth-order valence-corrected chi connectivity index (χ4v) is 1.52. The summed E-state index contributed by atoms with van der Waals surface area (Å²) in [5, 5.41) is 1.05. The van der Waals surface area contributed by atoms with Gasteiger partial charge in [-0.25, -0.2) is 0 Å². The third-order valence-corrected chi connectivity index (χ3v) is 2.63. The van der Waals surface area contributed by atoms with Gasteiger partial charge in [0.05, 0.1) is 13.2 Å². The van der Waals surface area contributed by atoms with Crippen LogP contribution >= 0.6 is 15.9 Å². The van der Waals surface area contributed by atoms with Crippen molar-refractivity contribution in [2.24, 2.45) is 5.92 Å². The first-order valence-corrected chi connectivity index (χ1v) is 5.72. The zero-order valence-electron chi connectivity index (χ0n) is 8.05. The van der Waals surface area contributed by atoms with Crippen molar-refractivity contribution in [3.05, 3.63) is 12.2 Å². The fourth-order valence-electron chi connectivity index (χ4n) is 1.01. The molecule has 0 aliphatic rings. The van der Waals surface area contributed by atoms with Crippen LogP contribution in [0.25, 0.3) is 0 Å². The van der Waals surface area contributed by atoms with Gasteiger partial charge in [-0.3, -0.25) is 0 Å². The molecule has 0 saturated heterocycles. The van der Waals surface area contributed by atoms with Gasteiger partial charge in [0.25, 0.3) is 0 Å². The first kappa shape index (κ1) is 12.2. The van der Waals surface area contributed by atoms with Crippen molar-refractivity contribution < 1.29 is 4.74 Å². The number of alkyl halides is 1. The van der Waals surface area contributed by atoms with Crippen molar-refractivity contribution in [1.29, 1.82) is 0 Å². The van der Waals surface area contributed by atoms with Crippen molar-refractivity contribution in [3.8, 4) is 0 Å². The molecule has 0 aromatic carbocycles. The van der Waals surface area contributed by atoms with Crippen LogP contribution in [0.5, 0.6) is 0 Å². The Balaban J connectivity index is 3.31. The Morgan fingerprint density at radius 2 is 2.25 bits per heavy atom. The molecule has 12 heavy (non-hydrogen) atoms. The lowest BCUT2D eigenvalue weighted by Crippen LogP contribution is -2.10. The Morgan fingerprint density at radius 1 is 1.50 bits per heavy atom. The lowest BCUT2D eigenvalue weighted by atomic mass is 10.1. The first-order chi connectivity index (χ1) is 5.85. The van der Waals surface area contributed by atoms with E-state index in [0.717, 1.165) is 18.5 Å². The number of rotatable bonds is 7. The molecule has 0 amide bonds. The number of hydrogen-bond acceptors (Lipinski definition) is 1. The standard InChI is InChI=1S/C10H19BrO/c1-3-5-7-12-9-10(8-11)6-4-2/h3,5,10H,4,6-9H2,1-2H3. The Bertz CT molecular complexity index is 112. The topological polar surface area (TPSA) is 9.23 Å². The monoisotopic (exact) mass is 234 g/mol. The van der Waals surface area contributed by atoms with E-state index in [9.17, 15) is 0 Å². The van der Waals surface area contributed by atoms with E-state index in [-0.39, 0.29) is 0 Å². The molecule has 0 aliphatic carbocycles. The van der Waals surface area contributed by atoms with Crippen LogP contribution in [0.2, 0.25) is 0 Å². The summed E-state index contributed by atoms with van der Waals surface area (Å²) in [4.78, 5) is 0. The highest BCUT2D eigenvalue weighted by Gasteiger charge is 2.04. The van der Waals surface area contributed by atoms with Gasteiger partial charge < -0.3 is 4.74 Å². The van der Waals surface area contributed by atoms with E-state index in [1.54, 1.807) is 0 Å². The quantitative estimate of drug-likeness (QED) is 0.373. The summed E-state index contributed by atoms with van der Waals surface area (Å²) in [6.45, 7) is 5.85. The minimum atomic E-state index is 0.681. The molecule has 0 N–H and O–H groups in total. The molecule has 1 atom stereocenters. The number of halogens is 1. The van der Waals surface area contributed by atoms with Crippen molar-refractivity contribution in [1.82, 2.24) is 0 Å². The zero-order chi connectivity index (χ0) is 9.23. The number of allylic oxidation sites excluding steroid dienone is 1. The Kier molecular flexibility index (Phi) is 9.41. The lowest BCUT2D eigenvalue weighted by molar-refractivity contribution is 0.127. The largest absolute Gasteiger partial charge is 0.377 e. The van der Waals surface area contributed by atoms with Crippen LogP contribution in [0.15, 0.2) is 12.2 Å². The van der Waals surface area contributed by atoms with Crippen LogP contribution in [-0.2, 0) is 4.74 Å².